The van der Waals surface area contributed by atoms with Crippen LogP contribution in [0.4, 0.5) is 0 Å². The van der Waals surface area contributed by atoms with Crippen LogP contribution in [0.15, 0.2) is 30.3 Å². The van der Waals surface area contributed by atoms with Crippen LogP contribution in [0, 0.1) is 0 Å². The Morgan fingerprint density at radius 1 is 0.952 bits per heavy atom. The Balaban J connectivity index is 2.51. The Kier molecular flexibility index (Phi) is 4.27. The molecule has 0 aliphatic rings. The number of esters is 2. The van der Waals surface area contributed by atoms with E-state index < -0.39 is 11.9 Å². The molecule has 2 aromatic rings. The Morgan fingerprint density at radius 2 is 1.57 bits per heavy atom. The average molecular weight is 289 g/mol. The third-order valence-electron chi connectivity index (χ3n) is 3.01. The Bertz CT molecular complexity index is 657. The number of hydrogen-bond acceptors (Lipinski definition) is 5. The van der Waals surface area contributed by atoms with E-state index in [2.05, 4.69) is 9.72 Å². The minimum absolute atomic E-state index is 0.184. The maximum Gasteiger partial charge on any atom is 0.355 e. The molecule has 0 aliphatic carbocycles. The van der Waals surface area contributed by atoms with E-state index >= 15 is 0 Å². The molecule has 0 unspecified atom stereocenters. The van der Waals surface area contributed by atoms with E-state index in [4.69, 9.17) is 9.47 Å². The van der Waals surface area contributed by atoms with Crippen LogP contribution < -0.4 is 4.74 Å². The van der Waals surface area contributed by atoms with Crippen molar-refractivity contribution in [1.29, 1.82) is 0 Å². The number of aromatic nitrogens is 1. The van der Waals surface area contributed by atoms with E-state index in [1.54, 1.807) is 37.4 Å². The van der Waals surface area contributed by atoms with E-state index in [-0.39, 0.29) is 11.4 Å². The second-order valence-electron chi connectivity index (χ2n) is 4.18. The number of hydrogen-bond donors (Lipinski definition) is 1. The standard InChI is InChI=1S/C15H15NO5/c1-19-10-6-4-9(5-7-10)11-8-12(14(17)20-2)16-13(11)15(18)21-3/h4-8,16H,1-3H3. The smallest absolute Gasteiger partial charge is 0.355 e. The Labute approximate surface area is 121 Å². The van der Waals surface area contributed by atoms with Crippen LogP contribution in [0.1, 0.15) is 21.0 Å². The van der Waals surface area contributed by atoms with Gasteiger partial charge >= 0.3 is 11.9 Å². The van der Waals surface area contributed by atoms with Crippen molar-refractivity contribution in [3.05, 3.63) is 41.7 Å². The maximum absolute atomic E-state index is 11.8. The number of rotatable bonds is 4. The summed E-state index contributed by atoms with van der Waals surface area (Å²) in [4.78, 5) is 26.2. The predicted molar refractivity (Wildman–Crippen MR) is 75.5 cm³/mol. The van der Waals surface area contributed by atoms with Gasteiger partial charge in [0.1, 0.15) is 17.1 Å². The number of carbonyl (C=O) groups excluding carboxylic acids is 2. The summed E-state index contributed by atoms with van der Waals surface area (Å²) in [5.74, 6) is -0.419. The predicted octanol–water partition coefficient (Wildman–Crippen LogP) is 2.26. The molecule has 6 heteroatoms. The van der Waals surface area contributed by atoms with Gasteiger partial charge < -0.3 is 19.2 Å². The van der Waals surface area contributed by atoms with E-state index in [1.807, 2.05) is 0 Å². The molecule has 0 fully saturated rings. The SMILES string of the molecule is COC(=O)c1cc(-c2ccc(OC)cc2)c(C(=O)OC)[nH]1. The van der Waals surface area contributed by atoms with Crippen LogP contribution in [0.3, 0.4) is 0 Å². The molecule has 1 aromatic carbocycles. The van der Waals surface area contributed by atoms with Gasteiger partial charge in [0.2, 0.25) is 0 Å². The van der Waals surface area contributed by atoms with Gasteiger partial charge in [-0.25, -0.2) is 9.59 Å². The molecule has 0 spiro atoms. The molecule has 1 N–H and O–H groups in total. The minimum Gasteiger partial charge on any atom is -0.497 e. The summed E-state index contributed by atoms with van der Waals surface area (Å²) in [5.41, 5.74) is 1.69. The second kappa shape index (κ2) is 6.13. The average Bonchev–Trinajstić information content (AvgIpc) is 2.98. The van der Waals surface area contributed by atoms with Gasteiger partial charge in [-0.1, -0.05) is 12.1 Å². The fourth-order valence-corrected chi connectivity index (χ4v) is 1.94. The molecular formula is C15H15NO5. The third kappa shape index (κ3) is 2.89. The molecule has 1 aromatic heterocycles. The van der Waals surface area contributed by atoms with Crippen LogP contribution in [-0.4, -0.2) is 38.3 Å². The molecule has 0 atom stereocenters. The van der Waals surface area contributed by atoms with Crippen molar-refractivity contribution in [2.45, 2.75) is 0 Å². The molecule has 110 valence electrons. The number of nitrogens with one attached hydrogen (secondary N) is 1. The summed E-state index contributed by atoms with van der Waals surface area (Å²) in [5, 5.41) is 0. The van der Waals surface area contributed by atoms with Gasteiger partial charge in [-0.2, -0.15) is 0 Å². The first-order chi connectivity index (χ1) is 10.1. The van der Waals surface area contributed by atoms with Crippen LogP contribution >= 0.6 is 0 Å². The highest BCUT2D eigenvalue weighted by molar-refractivity contribution is 5.99. The van der Waals surface area contributed by atoms with Gasteiger partial charge in [-0.15, -0.1) is 0 Å². The lowest BCUT2D eigenvalue weighted by Gasteiger charge is -2.04. The number of carbonyl (C=O) groups is 2. The number of methoxy groups -OCH3 is 3. The van der Waals surface area contributed by atoms with Crippen molar-refractivity contribution in [2.75, 3.05) is 21.3 Å². The number of H-pyrrole nitrogens is 1. The molecule has 0 bridgehead atoms. The summed E-state index contributed by atoms with van der Waals surface area (Å²) < 4.78 is 14.5. The molecule has 0 saturated heterocycles. The highest BCUT2D eigenvalue weighted by Gasteiger charge is 2.20. The van der Waals surface area contributed by atoms with E-state index in [0.29, 0.717) is 11.3 Å². The van der Waals surface area contributed by atoms with Crippen LogP contribution in [0.2, 0.25) is 0 Å². The lowest BCUT2D eigenvalue weighted by molar-refractivity contribution is 0.0590. The second-order valence-corrected chi connectivity index (χ2v) is 4.18. The van der Waals surface area contributed by atoms with Gasteiger partial charge in [0.05, 0.1) is 21.3 Å². The lowest BCUT2D eigenvalue weighted by Crippen LogP contribution is -2.05. The first kappa shape index (κ1) is 14.6. The number of benzene rings is 1. The summed E-state index contributed by atoms with van der Waals surface area (Å²) in [6, 6.07) is 8.66. The molecule has 0 aliphatic heterocycles. The van der Waals surface area contributed by atoms with Crippen molar-refractivity contribution in [3.63, 3.8) is 0 Å². The lowest BCUT2D eigenvalue weighted by atomic mass is 10.1. The fraction of sp³-hybridized carbons (Fsp3) is 0.200. The summed E-state index contributed by atoms with van der Waals surface area (Å²) in [6.45, 7) is 0. The van der Waals surface area contributed by atoms with Crippen molar-refractivity contribution in [1.82, 2.24) is 4.98 Å². The van der Waals surface area contributed by atoms with Crippen LogP contribution in [0.25, 0.3) is 11.1 Å². The molecule has 6 nitrogen and oxygen atoms in total. The highest BCUT2D eigenvalue weighted by atomic mass is 16.5. The zero-order valence-electron chi connectivity index (χ0n) is 11.9. The molecule has 0 saturated carbocycles. The summed E-state index contributed by atoms with van der Waals surface area (Å²) in [6.07, 6.45) is 0. The minimum atomic E-state index is -0.559. The first-order valence-electron chi connectivity index (χ1n) is 6.14. The molecule has 0 radical (unpaired) electrons. The van der Waals surface area contributed by atoms with Gasteiger partial charge in [-0.3, -0.25) is 0 Å². The van der Waals surface area contributed by atoms with Crippen LogP contribution in [0.5, 0.6) is 5.75 Å². The van der Waals surface area contributed by atoms with Crippen molar-refractivity contribution < 1.29 is 23.8 Å². The molecule has 1 heterocycles. The first-order valence-corrected chi connectivity index (χ1v) is 6.14. The van der Waals surface area contributed by atoms with Gasteiger partial charge in [-0.05, 0) is 23.8 Å². The van der Waals surface area contributed by atoms with E-state index in [0.717, 1.165) is 5.56 Å². The molecule has 21 heavy (non-hydrogen) atoms. The van der Waals surface area contributed by atoms with E-state index in [1.165, 1.54) is 14.2 Å². The zero-order chi connectivity index (χ0) is 15.4. The van der Waals surface area contributed by atoms with Crippen molar-refractivity contribution in [3.8, 4) is 16.9 Å². The molecule has 0 amide bonds. The monoisotopic (exact) mass is 289 g/mol. The van der Waals surface area contributed by atoms with Gasteiger partial charge in [0, 0.05) is 5.56 Å². The summed E-state index contributed by atoms with van der Waals surface area (Å²) >= 11 is 0. The highest BCUT2D eigenvalue weighted by Crippen LogP contribution is 2.27. The van der Waals surface area contributed by atoms with Gasteiger partial charge in [0.15, 0.2) is 0 Å². The Hall–Kier alpha value is -2.76. The third-order valence-corrected chi connectivity index (χ3v) is 3.01. The number of ether oxygens (including phenoxy) is 3. The molecule has 2 rings (SSSR count). The Morgan fingerprint density at radius 3 is 2.10 bits per heavy atom. The largest absolute Gasteiger partial charge is 0.497 e. The summed E-state index contributed by atoms with van der Waals surface area (Å²) in [7, 11) is 4.12. The normalized spacial score (nSPS) is 10.0. The van der Waals surface area contributed by atoms with Crippen molar-refractivity contribution >= 4 is 11.9 Å². The maximum atomic E-state index is 11.8. The number of aromatic amines is 1. The topological polar surface area (TPSA) is 77.6 Å². The quantitative estimate of drug-likeness (QED) is 0.874. The van der Waals surface area contributed by atoms with Crippen molar-refractivity contribution in [2.24, 2.45) is 0 Å². The zero-order valence-corrected chi connectivity index (χ0v) is 11.9. The van der Waals surface area contributed by atoms with Crippen LogP contribution in [-0.2, 0) is 9.47 Å². The van der Waals surface area contributed by atoms with E-state index in [9.17, 15) is 9.59 Å². The van der Waals surface area contributed by atoms with Gasteiger partial charge in [0.25, 0.3) is 0 Å². The fourth-order valence-electron chi connectivity index (χ4n) is 1.94. The molecular weight excluding hydrogens is 274 g/mol.